The predicted molar refractivity (Wildman–Crippen MR) is 88.1 cm³/mol. The lowest BCUT2D eigenvalue weighted by Crippen LogP contribution is -2.46. The zero-order valence-electron chi connectivity index (χ0n) is 14.0. The van der Waals surface area contributed by atoms with Gasteiger partial charge in [0.05, 0.1) is 0 Å². The summed E-state index contributed by atoms with van der Waals surface area (Å²) < 4.78 is 0. The third kappa shape index (κ3) is 4.46. The number of nitrogens with zero attached hydrogens (tertiary/aromatic N) is 1. The largest absolute Gasteiger partial charge is 0.314 e. The van der Waals surface area contributed by atoms with Gasteiger partial charge in [-0.25, -0.2) is 0 Å². The summed E-state index contributed by atoms with van der Waals surface area (Å²) in [5, 5.41) is 3.77. The van der Waals surface area contributed by atoms with E-state index in [9.17, 15) is 0 Å². The molecule has 0 bridgehead atoms. The van der Waals surface area contributed by atoms with Gasteiger partial charge in [0.2, 0.25) is 0 Å². The quantitative estimate of drug-likeness (QED) is 0.764. The standard InChI is InChI=1S/C18H36N2/c1-4-19-17-12-7-5-6-11-16(17)14-20(3)18-13-9-8-10-15(18)2/h15-19H,4-14H2,1-3H3. The second-order valence-corrected chi connectivity index (χ2v) is 7.33. The van der Waals surface area contributed by atoms with Crippen LogP contribution in [0.5, 0.6) is 0 Å². The van der Waals surface area contributed by atoms with E-state index < -0.39 is 0 Å². The molecule has 0 aromatic rings. The van der Waals surface area contributed by atoms with Crippen LogP contribution in [0.25, 0.3) is 0 Å². The fourth-order valence-electron chi connectivity index (χ4n) is 4.59. The molecule has 2 rings (SSSR count). The lowest BCUT2D eigenvalue weighted by Gasteiger charge is -2.39. The van der Waals surface area contributed by atoms with Crippen LogP contribution in [0.15, 0.2) is 0 Å². The average Bonchev–Trinajstić information content (AvgIpc) is 2.65. The zero-order valence-corrected chi connectivity index (χ0v) is 14.0. The van der Waals surface area contributed by atoms with Crippen LogP contribution in [-0.2, 0) is 0 Å². The van der Waals surface area contributed by atoms with Crippen molar-refractivity contribution in [1.29, 1.82) is 0 Å². The SMILES string of the molecule is CCNC1CCCCCC1CN(C)C1CCCCC1C. The molecule has 0 amide bonds. The molecule has 1 N–H and O–H groups in total. The fourth-order valence-corrected chi connectivity index (χ4v) is 4.59. The second kappa shape index (κ2) is 8.38. The van der Waals surface area contributed by atoms with E-state index in [1.807, 2.05) is 0 Å². The van der Waals surface area contributed by atoms with Crippen molar-refractivity contribution in [3.8, 4) is 0 Å². The van der Waals surface area contributed by atoms with Crippen molar-refractivity contribution in [2.45, 2.75) is 83.7 Å². The second-order valence-electron chi connectivity index (χ2n) is 7.33. The summed E-state index contributed by atoms with van der Waals surface area (Å²) in [7, 11) is 2.39. The molecular formula is C18H36N2. The third-order valence-electron chi connectivity index (χ3n) is 5.78. The molecule has 2 aliphatic rings. The minimum Gasteiger partial charge on any atom is -0.314 e. The molecule has 2 saturated carbocycles. The molecule has 4 unspecified atom stereocenters. The Balaban J connectivity index is 1.90. The Morgan fingerprint density at radius 2 is 1.65 bits per heavy atom. The van der Waals surface area contributed by atoms with Crippen LogP contribution in [-0.4, -0.2) is 37.1 Å². The van der Waals surface area contributed by atoms with Gasteiger partial charge in [0, 0.05) is 18.6 Å². The molecule has 0 aliphatic heterocycles. The highest BCUT2D eigenvalue weighted by Crippen LogP contribution is 2.30. The van der Waals surface area contributed by atoms with Gasteiger partial charge in [-0.05, 0) is 51.1 Å². The molecule has 0 heterocycles. The lowest BCUT2D eigenvalue weighted by atomic mass is 9.84. The normalized spacial score (nSPS) is 36.0. The summed E-state index contributed by atoms with van der Waals surface area (Å²) in [4.78, 5) is 2.71. The molecule has 2 fully saturated rings. The van der Waals surface area contributed by atoms with Crippen LogP contribution >= 0.6 is 0 Å². The van der Waals surface area contributed by atoms with Crippen LogP contribution in [0, 0.1) is 11.8 Å². The summed E-state index contributed by atoms with van der Waals surface area (Å²) in [5.74, 6) is 1.77. The molecule has 20 heavy (non-hydrogen) atoms. The highest BCUT2D eigenvalue weighted by atomic mass is 15.1. The molecule has 0 radical (unpaired) electrons. The number of rotatable bonds is 5. The molecule has 0 saturated heterocycles. The third-order valence-corrected chi connectivity index (χ3v) is 5.78. The van der Waals surface area contributed by atoms with Gasteiger partial charge in [-0.2, -0.15) is 0 Å². The Morgan fingerprint density at radius 3 is 2.40 bits per heavy atom. The first-order chi connectivity index (χ1) is 9.72. The highest BCUT2D eigenvalue weighted by Gasteiger charge is 2.29. The first-order valence-electron chi connectivity index (χ1n) is 9.16. The maximum absolute atomic E-state index is 3.77. The molecule has 4 atom stereocenters. The summed E-state index contributed by atoms with van der Waals surface area (Å²) >= 11 is 0. The first kappa shape index (κ1) is 16.3. The first-order valence-corrected chi connectivity index (χ1v) is 9.16. The molecule has 2 aliphatic carbocycles. The molecule has 0 spiro atoms. The van der Waals surface area contributed by atoms with E-state index in [4.69, 9.17) is 0 Å². The number of nitrogens with one attached hydrogen (secondary N) is 1. The van der Waals surface area contributed by atoms with Gasteiger partial charge >= 0.3 is 0 Å². The molecule has 2 heteroatoms. The van der Waals surface area contributed by atoms with Crippen molar-refractivity contribution >= 4 is 0 Å². The molecule has 0 aromatic carbocycles. The van der Waals surface area contributed by atoms with Crippen LogP contribution in [0.2, 0.25) is 0 Å². The Morgan fingerprint density at radius 1 is 0.950 bits per heavy atom. The van der Waals surface area contributed by atoms with Gasteiger partial charge < -0.3 is 10.2 Å². The minimum absolute atomic E-state index is 0.767. The van der Waals surface area contributed by atoms with Gasteiger partial charge in [-0.1, -0.05) is 46.0 Å². The zero-order chi connectivity index (χ0) is 14.4. The number of hydrogen-bond donors (Lipinski definition) is 1. The summed E-state index contributed by atoms with van der Waals surface area (Å²) in [5.41, 5.74) is 0. The van der Waals surface area contributed by atoms with E-state index in [1.165, 1.54) is 64.3 Å². The number of hydrogen-bond acceptors (Lipinski definition) is 2. The van der Waals surface area contributed by atoms with Gasteiger partial charge in [-0.3, -0.25) is 0 Å². The average molecular weight is 280 g/mol. The Bertz CT molecular complexity index is 266. The van der Waals surface area contributed by atoms with Crippen LogP contribution in [0.3, 0.4) is 0 Å². The molecular weight excluding hydrogens is 244 g/mol. The van der Waals surface area contributed by atoms with Crippen molar-refractivity contribution in [1.82, 2.24) is 10.2 Å². The molecule has 0 aromatic heterocycles. The van der Waals surface area contributed by atoms with E-state index in [-0.39, 0.29) is 0 Å². The predicted octanol–water partition coefficient (Wildman–Crippen LogP) is 4.06. The monoisotopic (exact) mass is 280 g/mol. The van der Waals surface area contributed by atoms with Crippen molar-refractivity contribution in [3.05, 3.63) is 0 Å². The van der Waals surface area contributed by atoms with E-state index in [0.717, 1.165) is 30.5 Å². The van der Waals surface area contributed by atoms with Crippen LogP contribution in [0.1, 0.15) is 71.6 Å². The van der Waals surface area contributed by atoms with Gasteiger partial charge in [-0.15, -0.1) is 0 Å². The smallest absolute Gasteiger partial charge is 0.0118 e. The van der Waals surface area contributed by atoms with Crippen molar-refractivity contribution in [2.75, 3.05) is 20.1 Å². The lowest BCUT2D eigenvalue weighted by molar-refractivity contribution is 0.109. The molecule has 118 valence electrons. The Labute approximate surface area is 126 Å². The van der Waals surface area contributed by atoms with Gasteiger partial charge in [0.1, 0.15) is 0 Å². The van der Waals surface area contributed by atoms with Crippen LogP contribution in [0.4, 0.5) is 0 Å². The van der Waals surface area contributed by atoms with E-state index in [2.05, 4.69) is 31.1 Å². The van der Waals surface area contributed by atoms with Gasteiger partial charge in [0.25, 0.3) is 0 Å². The summed E-state index contributed by atoms with van der Waals surface area (Å²) in [6.45, 7) is 7.17. The maximum Gasteiger partial charge on any atom is 0.0118 e. The van der Waals surface area contributed by atoms with E-state index in [1.54, 1.807) is 0 Å². The fraction of sp³-hybridized carbons (Fsp3) is 1.00. The minimum atomic E-state index is 0.767. The highest BCUT2D eigenvalue weighted by molar-refractivity contribution is 4.85. The van der Waals surface area contributed by atoms with Crippen molar-refractivity contribution < 1.29 is 0 Å². The van der Waals surface area contributed by atoms with Gasteiger partial charge in [0.15, 0.2) is 0 Å². The van der Waals surface area contributed by atoms with Crippen molar-refractivity contribution in [3.63, 3.8) is 0 Å². The van der Waals surface area contributed by atoms with Crippen molar-refractivity contribution in [2.24, 2.45) is 11.8 Å². The Kier molecular flexibility index (Phi) is 6.83. The van der Waals surface area contributed by atoms with E-state index >= 15 is 0 Å². The summed E-state index contributed by atoms with van der Waals surface area (Å²) in [6.07, 6.45) is 12.9. The van der Waals surface area contributed by atoms with Crippen LogP contribution < -0.4 is 5.32 Å². The topological polar surface area (TPSA) is 15.3 Å². The summed E-state index contributed by atoms with van der Waals surface area (Å²) in [6, 6.07) is 1.61. The Hall–Kier alpha value is -0.0800. The van der Waals surface area contributed by atoms with E-state index in [0.29, 0.717) is 0 Å². The molecule has 2 nitrogen and oxygen atoms in total. The maximum atomic E-state index is 3.77.